The zero-order chi connectivity index (χ0) is 23.7. The molecule has 1 amide bonds. The van der Waals surface area contributed by atoms with E-state index < -0.39 is 0 Å². The summed E-state index contributed by atoms with van der Waals surface area (Å²) in [6.45, 7) is 6.25. The second kappa shape index (κ2) is 9.18. The van der Waals surface area contributed by atoms with E-state index >= 15 is 0 Å². The van der Waals surface area contributed by atoms with Crippen LogP contribution in [-0.2, 0) is 4.79 Å². The van der Waals surface area contributed by atoms with E-state index in [1.54, 1.807) is 10.7 Å². The zero-order valence-electron chi connectivity index (χ0n) is 19.1. The van der Waals surface area contributed by atoms with Crippen molar-refractivity contribution in [3.8, 4) is 33.6 Å². The number of amides is 1. The van der Waals surface area contributed by atoms with Crippen LogP contribution < -0.4 is 19.5 Å². The molecule has 0 fully saturated rings. The maximum atomic E-state index is 12.6. The van der Waals surface area contributed by atoms with Gasteiger partial charge in [0.15, 0.2) is 18.1 Å². The van der Waals surface area contributed by atoms with E-state index in [4.69, 9.17) is 19.2 Å². The second-order valence-electron chi connectivity index (χ2n) is 8.23. The molecule has 0 radical (unpaired) electrons. The van der Waals surface area contributed by atoms with E-state index in [-0.39, 0.29) is 19.3 Å². The first-order chi connectivity index (χ1) is 16.5. The van der Waals surface area contributed by atoms with Gasteiger partial charge in [0.25, 0.3) is 5.91 Å². The number of fused-ring (bicyclic) bond motifs is 1. The standard InChI is InChI=1S/C25H24N4O4S/c1-15(2)17-4-7-19(8-5-17)31-12-24(30)27-23-10-16(3)28-29(23)25-26-20(13-34-25)18-6-9-21-22(11-18)33-14-32-21/h4-11,13,15H,12,14H2,1-3H3,(H,27,30). The Morgan fingerprint density at radius 3 is 2.74 bits per heavy atom. The summed E-state index contributed by atoms with van der Waals surface area (Å²) in [7, 11) is 0. The topological polar surface area (TPSA) is 87.5 Å². The van der Waals surface area contributed by atoms with Crippen molar-refractivity contribution in [3.63, 3.8) is 0 Å². The monoisotopic (exact) mass is 476 g/mol. The number of thiazole rings is 1. The van der Waals surface area contributed by atoms with Crippen molar-refractivity contribution in [2.75, 3.05) is 18.7 Å². The van der Waals surface area contributed by atoms with E-state index in [1.165, 1.54) is 16.9 Å². The molecule has 5 rings (SSSR count). The summed E-state index contributed by atoms with van der Waals surface area (Å²) in [6.07, 6.45) is 0. The van der Waals surface area contributed by atoms with Gasteiger partial charge in [-0.2, -0.15) is 9.78 Å². The van der Waals surface area contributed by atoms with Crippen LogP contribution >= 0.6 is 11.3 Å². The number of benzene rings is 2. The number of rotatable bonds is 7. The van der Waals surface area contributed by atoms with Crippen LogP contribution in [0.5, 0.6) is 17.2 Å². The summed E-state index contributed by atoms with van der Waals surface area (Å²) in [6, 6.07) is 15.3. The molecule has 0 bridgehead atoms. The number of nitrogens with one attached hydrogen (secondary N) is 1. The van der Waals surface area contributed by atoms with Crippen molar-refractivity contribution in [3.05, 3.63) is 65.2 Å². The Morgan fingerprint density at radius 1 is 1.15 bits per heavy atom. The van der Waals surface area contributed by atoms with Crippen LogP contribution in [0.25, 0.3) is 16.4 Å². The highest BCUT2D eigenvalue weighted by molar-refractivity contribution is 7.12. The van der Waals surface area contributed by atoms with E-state index in [9.17, 15) is 4.79 Å². The third-order valence-electron chi connectivity index (χ3n) is 5.36. The number of aryl methyl sites for hydroxylation is 1. The van der Waals surface area contributed by atoms with Gasteiger partial charge in [-0.1, -0.05) is 26.0 Å². The van der Waals surface area contributed by atoms with E-state index in [0.717, 1.165) is 22.7 Å². The fourth-order valence-electron chi connectivity index (χ4n) is 3.56. The quantitative estimate of drug-likeness (QED) is 0.396. The first-order valence-electron chi connectivity index (χ1n) is 10.9. The Morgan fingerprint density at radius 2 is 1.94 bits per heavy atom. The minimum Gasteiger partial charge on any atom is -0.484 e. The Balaban J connectivity index is 1.28. The lowest BCUT2D eigenvalue weighted by Gasteiger charge is -2.10. The van der Waals surface area contributed by atoms with Gasteiger partial charge < -0.3 is 19.5 Å². The van der Waals surface area contributed by atoms with E-state index in [0.29, 0.717) is 28.4 Å². The van der Waals surface area contributed by atoms with Crippen LogP contribution in [0.15, 0.2) is 53.9 Å². The Hall–Kier alpha value is -3.85. The van der Waals surface area contributed by atoms with Crippen molar-refractivity contribution in [1.82, 2.24) is 14.8 Å². The van der Waals surface area contributed by atoms with Crippen LogP contribution in [0.2, 0.25) is 0 Å². The van der Waals surface area contributed by atoms with Gasteiger partial charge in [-0.15, -0.1) is 11.3 Å². The highest BCUT2D eigenvalue weighted by atomic mass is 32.1. The largest absolute Gasteiger partial charge is 0.484 e. The number of anilines is 1. The van der Waals surface area contributed by atoms with Crippen molar-refractivity contribution in [1.29, 1.82) is 0 Å². The molecule has 4 aromatic rings. The fraction of sp³-hybridized carbons (Fsp3) is 0.240. The molecule has 1 aliphatic rings. The minimum absolute atomic E-state index is 0.106. The first-order valence-corrected chi connectivity index (χ1v) is 11.8. The highest BCUT2D eigenvalue weighted by Gasteiger charge is 2.17. The zero-order valence-corrected chi connectivity index (χ0v) is 19.9. The summed E-state index contributed by atoms with van der Waals surface area (Å²) >= 11 is 1.43. The third kappa shape index (κ3) is 4.60. The van der Waals surface area contributed by atoms with Crippen LogP contribution in [0, 0.1) is 6.92 Å². The number of carbonyl (C=O) groups excluding carboxylic acids is 1. The van der Waals surface area contributed by atoms with Crippen molar-refractivity contribution < 1.29 is 19.0 Å². The number of carbonyl (C=O) groups is 1. The van der Waals surface area contributed by atoms with Gasteiger partial charge >= 0.3 is 0 Å². The molecule has 0 unspecified atom stereocenters. The molecule has 9 heteroatoms. The molecule has 8 nitrogen and oxygen atoms in total. The minimum atomic E-state index is -0.276. The lowest BCUT2D eigenvalue weighted by Crippen LogP contribution is -2.21. The Bertz CT molecular complexity index is 1330. The normalized spacial score (nSPS) is 12.2. The molecule has 1 N–H and O–H groups in total. The molecule has 3 heterocycles. The van der Waals surface area contributed by atoms with Gasteiger partial charge in [0, 0.05) is 17.0 Å². The first kappa shape index (κ1) is 22.0. The number of ether oxygens (including phenoxy) is 3. The number of hydrogen-bond acceptors (Lipinski definition) is 7. The lowest BCUT2D eigenvalue weighted by atomic mass is 10.0. The van der Waals surface area contributed by atoms with Gasteiger partial charge in [0.05, 0.1) is 11.4 Å². The molecule has 0 atom stereocenters. The molecule has 0 aliphatic carbocycles. The lowest BCUT2D eigenvalue weighted by molar-refractivity contribution is -0.118. The predicted octanol–water partition coefficient (Wildman–Crippen LogP) is 5.17. The van der Waals surface area contributed by atoms with Crippen LogP contribution in [0.4, 0.5) is 5.82 Å². The fourth-order valence-corrected chi connectivity index (χ4v) is 4.36. The van der Waals surface area contributed by atoms with E-state index in [1.807, 2.05) is 54.8 Å². The smallest absolute Gasteiger partial charge is 0.263 e. The van der Waals surface area contributed by atoms with Gasteiger partial charge in [-0.05, 0) is 48.7 Å². The summed E-state index contributed by atoms with van der Waals surface area (Å²) < 4.78 is 18.1. The number of nitrogens with zero attached hydrogens (tertiary/aromatic N) is 3. The van der Waals surface area contributed by atoms with E-state index in [2.05, 4.69) is 24.3 Å². The molecule has 1 aliphatic heterocycles. The predicted molar refractivity (Wildman–Crippen MR) is 130 cm³/mol. The Kier molecular flexibility index (Phi) is 5.93. The number of hydrogen-bond donors (Lipinski definition) is 1. The van der Waals surface area contributed by atoms with Crippen molar-refractivity contribution >= 4 is 23.1 Å². The molecule has 2 aromatic carbocycles. The molecular formula is C25H24N4O4S. The molecular weight excluding hydrogens is 452 g/mol. The second-order valence-corrected chi connectivity index (χ2v) is 9.06. The summed E-state index contributed by atoms with van der Waals surface area (Å²) in [5.41, 5.74) is 3.69. The molecule has 174 valence electrons. The highest BCUT2D eigenvalue weighted by Crippen LogP contribution is 2.36. The molecule has 0 saturated heterocycles. The van der Waals surface area contributed by atoms with Crippen molar-refractivity contribution in [2.45, 2.75) is 26.7 Å². The maximum absolute atomic E-state index is 12.6. The van der Waals surface area contributed by atoms with Crippen LogP contribution in [0.3, 0.4) is 0 Å². The summed E-state index contributed by atoms with van der Waals surface area (Å²) in [5.74, 6) is 2.78. The van der Waals surface area contributed by atoms with Crippen molar-refractivity contribution in [2.24, 2.45) is 0 Å². The third-order valence-corrected chi connectivity index (χ3v) is 6.17. The van der Waals surface area contributed by atoms with Gasteiger partial charge in [-0.3, -0.25) is 4.79 Å². The average Bonchev–Trinajstić information content (AvgIpc) is 3.57. The summed E-state index contributed by atoms with van der Waals surface area (Å²) in [4.78, 5) is 17.3. The molecule has 0 saturated carbocycles. The number of aromatic nitrogens is 3. The van der Waals surface area contributed by atoms with Gasteiger partial charge in [0.1, 0.15) is 11.6 Å². The van der Waals surface area contributed by atoms with Gasteiger partial charge in [0.2, 0.25) is 11.9 Å². The van der Waals surface area contributed by atoms with Crippen LogP contribution in [0.1, 0.15) is 31.0 Å². The maximum Gasteiger partial charge on any atom is 0.263 e. The molecule has 2 aromatic heterocycles. The molecule has 0 spiro atoms. The Labute approximate surface area is 201 Å². The van der Waals surface area contributed by atoms with Crippen LogP contribution in [-0.4, -0.2) is 34.1 Å². The average molecular weight is 477 g/mol. The molecule has 34 heavy (non-hydrogen) atoms. The summed E-state index contributed by atoms with van der Waals surface area (Å²) in [5, 5.41) is 9.97. The van der Waals surface area contributed by atoms with Gasteiger partial charge in [-0.25, -0.2) is 4.98 Å². The SMILES string of the molecule is Cc1cc(NC(=O)COc2ccc(C(C)C)cc2)n(-c2nc(-c3ccc4c(c3)OCO4)cs2)n1.